The fourth-order valence-corrected chi connectivity index (χ4v) is 3.21. The molecule has 2 aromatic rings. The first-order valence-corrected chi connectivity index (χ1v) is 9.00. The van der Waals surface area contributed by atoms with E-state index in [0.29, 0.717) is 18.4 Å². The van der Waals surface area contributed by atoms with Crippen molar-refractivity contribution in [2.75, 3.05) is 31.1 Å². The number of anilines is 1. The quantitative estimate of drug-likeness (QED) is 0.841. The molecule has 0 bridgehead atoms. The van der Waals surface area contributed by atoms with Crippen LogP contribution in [0.15, 0.2) is 16.9 Å². The van der Waals surface area contributed by atoms with Crippen LogP contribution in [0.25, 0.3) is 0 Å². The lowest BCUT2D eigenvalue weighted by Gasteiger charge is -2.24. The zero-order chi connectivity index (χ0) is 17.4. The van der Waals surface area contributed by atoms with Gasteiger partial charge in [-0.15, -0.1) is 0 Å². The lowest BCUT2D eigenvalue weighted by atomic mass is 10.2. The summed E-state index contributed by atoms with van der Waals surface area (Å²) in [6.45, 7) is 6.84. The summed E-state index contributed by atoms with van der Waals surface area (Å²) in [5, 5.41) is 8.39. The van der Waals surface area contributed by atoms with Crippen LogP contribution in [0.5, 0.6) is 0 Å². The molecule has 8 heteroatoms. The first-order chi connectivity index (χ1) is 12.1. The third-order valence-corrected chi connectivity index (χ3v) is 4.93. The van der Waals surface area contributed by atoms with Gasteiger partial charge in [0.1, 0.15) is 6.04 Å². The molecule has 2 aromatic heterocycles. The number of rotatable bonds is 4. The van der Waals surface area contributed by atoms with E-state index in [4.69, 9.17) is 4.52 Å². The summed E-state index contributed by atoms with van der Waals surface area (Å²) in [7, 11) is 0. The second-order valence-electron chi connectivity index (χ2n) is 7.05. The molecule has 25 heavy (non-hydrogen) atoms. The number of nitrogens with zero attached hydrogens (tertiary/aromatic N) is 6. The molecule has 0 N–H and O–H groups in total. The maximum absolute atomic E-state index is 12.8. The maximum atomic E-state index is 12.8. The highest BCUT2D eigenvalue weighted by Crippen LogP contribution is 2.39. The van der Waals surface area contributed by atoms with Gasteiger partial charge in [-0.25, -0.2) is 0 Å². The molecule has 0 radical (unpaired) electrons. The van der Waals surface area contributed by atoms with Crippen molar-refractivity contribution in [2.24, 2.45) is 0 Å². The number of amides is 1. The van der Waals surface area contributed by atoms with Crippen molar-refractivity contribution in [2.45, 2.75) is 45.1 Å². The zero-order valence-corrected chi connectivity index (χ0v) is 14.8. The Morgan fingerprint density at radius 2 is 2.12 bits per heavy atom. The summed E-state index contributed by atoms with van der Waals surface area (Å²) in [6.07, 6.45) is 6.88. The molecule has 1 amide bonds. The van der Waals surface area contributed by atoms with Crippen molar-refractivity contribution in [3.05, 3.63) is 23.8 Å². The van der Waals surface area contributed by atoms with Crippen LogP contribution in [0.2, 0.25) is 0 Å². The van der Waals surface area contributed by atoms with E-state index in [1.165, 1.54) is 0 Å². The van der Waals surface area contributed by atoms with Crippen LogP contribution in [0, 0.1) is 6.92 Å². The Labute approximate surface area is 146 Å². The Kier molecular flexibility index (Phi) is 4.19. The minimum absolute atomic E-state index is 0.108. The van der Waals surface area contributed by atoms with Crippen molar-refractivity contribution >= 4 is 11.9 Å². The molecule has 134 valence electrons. The maximum Gasteiger partial charge on any atom is 0.266 e. The minimum Gasteiger partial charge on any atom is -0.339 e. The first kappa shape index (κ1) is 16.1. The van der Waals surface area contributed by atoms with Gasteiger partial charge in [-0.2, -0.15) is 10.1 Å². The van der Waals surface area contributed by atoms with Gasteiger partial charge in [-0.3, -0.25) is 9.48 Å². The molecule has 2 fully saturated rings. The van der Waals surface area contributed by atoms with Crippen LogP contribution in [0.3, 0.4) is 0 Å². The monoisotopic (exact) mass is 344 g/mol. The van der Waals surface area contributed by atoms with E-state index in [1.807, 2.05) is 24.9 Å². The van der Waals surface area contributed by atoms with E-state index in [0.717, 1.165) is 50.4 Å². The smallest absolute Gasteiger partial charge is 0.266 e. The Morgan fingerprint density at radius 3 is 2.84 bits per heavy atom. The van der Waals surface area contributed by atoms with E-state index < -0.39 is 0 Å². The molecular formula is C17H24N6O2. The molecular weight excluding hydrogens is 320 g/mol. The molecule has 2 aliphatic rings. The molecule has 1 atom stereocenters. The van der Waals surface area contributed by atoms with Gasteiger partial charge in [0.15, 0.2) is 0 Å². The summed E-state index contributed by atoms with van der Waals surface area (Å²) < 4.78 is 7.10. The van der Waals surface area contributed by atoms with E-state index in [2.05, 4.69) is 20.1 Å². The number of aromatic nitrogens is 4. The van der Waals surface area contributed by atoms with Crippen molar-refractivity contribution < 1.29 is 9.32 Å². The van der Waals surface area contributed by atoms with Crippen LogP contribution >= 0.6 is 0 Å². The van der Waals surface area contributed by atoms with Crippen molar-refractivity contribution in [1.82, 2.24) is 24.8 Å². The number of aryl methyl sites for hydroxylation is 1. The molecule has 1 unspecified atom stereocenters. The highest BCUT2D eigenvalue weighted by Gasteiger charge is 2.31. The van der Waals surface area contributed by atoms with Gasteiger partial charge in [0.05, 0.1) is 6.20 Å². The Morgan fingerprint density at radius 1 is 1.28 bits per heavy atom. The van der Waals surface area contributed by atoms with Crippen LogP contribution < -0.4 is 4.90 Å². The summed E-state index contributed by atoms with van der Waals surface area (Å²) in [5.74, 6) is 1.99. The van der Waals surface area contributed by atoms with Gasteiger partial charge in [-0.05, 0) is 43.8 Å². The summed E-state index contributed by atoms with van der Waals surface area (Å²) in [6, 6.07) is -0.285. The molecule has 1 saturated heterocycles. The van der Waals surface area contributed by atoms with E-state index in [-0.39, 0.29) is 11.9 Å². The largest absolute Gasteiger partial charge is 0.339 e. The topological polar surface area (TPSA) is 80.3 Å². The van der Waals surface area contributed by atoms with Crippen molar-refractivity contribution in [3.63, 3.8) is 0 Å². The lowest BCUT2D eigenvalue weighted by molar-refractivity contribution is -0.134. The van der Waals surface area contributed by atoms with Crippen molar-refractivity contribution in [3.8, 4) is 0 Å². The fourth-order valence-electron chi connectivity index (χ4n) is 3.21. The third kappa shape index (κ3) is 3.38. The number of hydrogen-bond acceptors (Lipinski definition) is 6. The van der Waals surface area contributed by atoms with E-state index in [1.54, 1.807) is 10.9 Å². The van der Waals surface area contributed by atoms with Gasteiger partial charge in [0.25, 0.3) is 5.95 Å². The molecule has 1 aliphatic carbocycles. The van der Waals surface area contributed by atoms with Crippen LogP contribution in [-0.4, -0.2) is 56.9 Å². The predicted octanol–water partition coefficient (Wildman–Crippen LogP) is 1.75. The summed E-state index contributed by atoms with van der Waals surface area (Å²) >= 11 is 0. The van der Waals surface area contributed by atoms with Crippen LogP contribution in [0.4, 0.5) is 5.95 Å². The van der Waals surface area contributed by atoms with Crippen LogP contribution in [-0.2, 0) is 4.79 Å². The number of hydrogen-bond donors (Lipinski definition) is 0. The average Bonchev–Trinajstić information content (AvgIpc) is 3.28. The average molecular weight is 344 g/mol. The van der Waals surface area contributed by atoms with Gasteiger partial charge < -0.3 is 14.3 Å². The van der Waals surface area contributed by atoms with Gasteiger partial charge in [0.2, 0.25) is 11.8 Å². The second kappa shape index (κ2) is 6.50. The highest BCUT2D eigenvalue weighted by atomic mass is 16.5. The first-order valence-electron chi connectivity index (χ1n) is 9.00. The molecule has 1 saturated carbocycles. The lowest BCUT2D eigenvalue weighted by Crippen LogP contribution is -2.39. The molecule has 1 aliphatic heterocycles. The van der Waals surface area contributed by atoms with Gasteiger partial charge >= 0.3 is 0 Å². The predicted molar refractivity (Wildman–Crippen MR) is 91.4 cm³/mol. The number of carbonyl (C=O) groups excluding carboxylic acids is 1. The minimum atomic E-state index is -0.285. The molecule has 4 rings (SSSR count). The molecule has 0 aromatic carbocycles. The summed E-state index contributed by atoms with van der Waals surface area (Å²) in [5.41, 5.74) is 1.06. The fraction of sp³-hybridized carbons (Fsp3) is 0.647. The molecule has 0 spiro atoms. The Bertz CT molecular complexity index is 750. The normalized spacial score (nSPS) is 19.8. The highest BCUT2D eigenvalue weighted by molar-refractivity contribution is 5.80. The van der Waals surface area contributed by atoms with Gasteiger partial charge in [-0.1, -0.05) is 0 Å². The van der Waals surface area contributed by atoms with Gasteiger partial charge in [0, 0.05) is 38.3 Å². The number of carbonyl (C=O) groups is 1. The van der Waals surface area contributed by atoms with Crippen LogP contribution in [0.1, 0.15) is 49.6 Å². The molecule has 3 heterocycles. The van der Waals surface area contributed by atoms with E-state index in [9.17, 15) is 4.79 Å². The third-order valence-electron chi connectivity index (χ3n) is 4.93. The standard InChI is InChI=1S/C17H24N6O2/c1-12-10-18-23(11-12)13(2)16(24)21-6-3-7-22(9-8-21)17-19-15(25-20-17)14-4-5-14/h10-11,13-14H,3-9H2,1-2H3. The Hall–Kier alpha value is -2.38. The van der Waals surface area contributed by atoms with E-state index >= 15 is 0 Å². The Balaban J connectivity index is 1.39. The summed E-state index contributed by atoms with van der Waals surface area (Å²) in [4.78, 5) is 21.4. The zero-order valence-electron chi connectivity index (χ0n) is 14.8. The van der Waals surface area contributed by atoms with Crippen molar-refractivity contribution in [1.29, 1.82) is 0 Å². The molecule has 8 nitrogen and oxygen atoms in total. The second-order valence-corrected chi connectivity index (χ2v) is 7.05. The SMILES string of the molecule is Cc1cnn(C(C)C(=O)N2CCCN(c3noc(C4CC4)n3)CC2)c1.